The molecule has 0 radical (unpaired) electrons. The molecule has 0 spiro atoms. The molecule has 4 nitrogen and oxygen atoms in total. The molecule has 1 atom stereocenters. The maximum Gasteiger partial charge on any atom is 0.168 e. The Kier molecular flexibility index (Phi) is 2.71. The highest BCUT2D eigenvalue weighted by molar-refractivity contribution is 5.37. The zero-order valence-corrected chi connectivity index (χ0v) is 8.81. The van der Waals surface area contributed by atoms with E-state index in [4.69, 9.17) is 0 Å². The summed E-state index contributed by atoms with van der Waals surface area (Å²) in [6.45, 7) is 1.58. The average Bonchev–Trinajstić information content (AvgIpc) is 2.82. The third kappa shape index (κ3) is 2.27. The lowest BCUT2D eigenvalue weighted by atomic mass is 10.0. The minimum absolute atomic E-state index is 0.413. The second-order valence-corrected chi connectivity index (χ2v) is 3.54. The number of hydrogen-bond donors (Lipinski definition) is 2. The van der Waals surface area contributed by atoms with Gasteiger partial charge in [-0.15, -0.1) is 0 Å². The molecule has 1 aromatic carbocycles. The van der Waals surface area contributed by atoms with Crippen molar-refractivity contribution < 1.29 is 5.11 Å². The number of aliphatic hydroxyl groups is 1. The summed E-state index contributed by atoms with van der Waals surface area (Å²) in [6.07, 6.45) is 1.46. The molecule has 0 fully saturated rings. The van der Waals surface area contributed by atoms with E-state index in [1.165, 1.54) is 6.20 Å². The Morgan fingerprint density at radius 1 is 1.31 bits per heavy atom. The molecule has 2 N–H and O–H groups in total. The van der Waals surface area contributed by atoms with Crippen molar-refractivity contribution in [1.82, 2.24) is 15.4 Å². The standard InChI is InChI=1S/C12H11N3O/c1-12(16,11-9-13-15-14-11)8-7-10-5-3-2-4-6-10/h2-6,9,16H,1H3,(H,13,14,15). The van der Waals surface area contributed by atoms with Crippen molar-refractivity contribution in [2.45, 2.75) is 12.5 Å². The van der Waals surface area contributed by atoms with Crippen LogP contribution in [0.2, 0.25) is 0 Å². The highest BCUT2D eigenvalue weighted by atomic mass is 16.3. The smallest absolute Gasteiger partial charge is 0.168 e. The van der Waals surface area contributed by atoms with Gasteiger partial charge < -0.3 is 5.11 Å². The molecule has 1 heterocycles. The maximum atomic E-state index is 10.0. The lowest BCUT2D eigenvalue weighted by Gasteiger charge is -2.11. The van der Waals surface area contributed by atoms with Gasteiger partial charge in [0.25, 0.3) is 0 Å². The zero-order chi connectivity index (χ0) is 11.4. The van der Waals surface area contributed by atoms with Crippen LogP contribution in [0.3, 0.4) is 0 Å². The van der Waals surface area contributed by atoms with Gasteiger partial charge in [-0.2, -0.15) is 15.4 Å². The van der Waals surface area contributed by atoms with E-state index in [9.17, 15) is 5.11 Å². The van der Waals surface area contributed by atoms with Crippen molar-refractivity contribution in [3.05, 3.63) is 47.8 Å². The predicted molar refractivity (Wildman–Crippen MR) is 59.3 cm³/mol. The molecular formula is C12H11N3O. The molecule has 0 bridgehead atoms. The molecule has 2 rings (SSSR count). The maximum absolute atomic E-state index is 10.0. The van der Waals surface area contributed by atoms with Gasteiger partial charge >= 0.3 is 0 Å². The van der Waals surface area contributed by atoms with Crippen molar-refractivity contribution >= 4 is 0 Å². The summed E-state index contributed by atoms with van der Waals surface area (Å²) < 4.78 is 0. The normalized spacial score (nSPS) is 13.6. The van der Waals surface area contributed by atoms with E-state index in [0.29, 0.717) is 5.69 Å². The molecule has 80 valence electrons. The molecule has 1 aromatic heterocycles. The van der Waals surface area contributed by atoms with Crippen LogP contribution in [-0.2, 0) is 5.60 Å². The van der Waals surface area contributed by atoms with Crippen LogP contribution in [-0.4, -0.2) is 20.5 Å². The van der Waals surface area contributed by atoms with Gasteiger partial charge in [-0.05, 0) is 19.1 Å². The van der Waals surface area contributed by atoms with Gasteiger partial charge in [0.2, 0.25) is 0 Å². The lowest BCUT2D eigenvalue weighted by Crippen LogP contribution is -2.19. The summed E-state index contributed by atoms with van der Waals surface area (Å²) in [5, 5.41) is 19.9. The number of nitrogens with zero attached hydrogens (tertiary/aromatic N) is 2. The number of nitrogens with one attached hydrogen (secondary N) is 1. The van der Waals surface area contributed by atoms with Crippen molar-refractivity contribution in [3.8, 4) is 11.8 Å². The highest BCUT2D eigenvalue weighted by Crippen LogP contribution is 2.15. The molecule has 2 aromatic rings. The minimum Gasteiger partial charge on any atom is -0.372 e. The molecule has 0 aliphatic heterocycles. The van der Waals surface area contributed by atoms with E-state index in [1.54, 1.807) is 6.92 Å². The van der Waals surface area contributed by atoms with Crippen LogP contribution in [0.1, 0.15) is 18.2 Å². The lowest BCUT2D eigenvalue weighted by molar-refractivity contribution is 0.117. The molecule has 4 heteroatoms. The zero-order valence-electron chi connectivity index (χ0n) is 8.81. The van der Waals surface area contributed by atoms with Crippen LogP contribution in [0.15, 0.2) is 36.5 Å². The monoisotopic (exact) mass is 213 g/mol. The molecule has 0 aliphatic rings. The third-order valence-corrected chi connectivity index (χ3v) is 2.14. The summed E-state index contributed by atoms with van der Waals surface area (Å²) in [7, 11) is 0. The van der Waals surface area contributed by atoms with E-state index in [2.05, 4.69) is 27.3 Å². The first kappa shape index (κ1) is 10.4. The molecule has 0 saturated heterocycles. The Morgan fingerprint density at radius 3 is 2.69 bits per heavy atom. The van der Waals surface area contributed by atoms with E-state index in [-0.39, 0.29) is 0 Å². The summed E-state index contributed by atoms with van der Waals surface area (Å²) in [6, 6.07) is 9.47. The summed E-state index contributed by atoms with van der Waals surface area (Å²) >= 11 is 0. The first-order chi connectivity index (χ1) is 7.68. The van der Waals surface area contributed by atoms with Crippen molar-refractivity contribution in [2.75, 3.05) is 0 Å². The van der Waals surface area contributed by atoms with Crippen LogP contribution in [0.4, 0.5) is 0 Å². The second-order valence-electron chi connectivity index (χ2n) is 3.54. The van der Waals surface area contributed by atoms with Crippen LogP contribution in [0.25, 0.3) is 0 Å². The Hall–Kier alpha value is -2.12. The number of rotatable bonds is 1. The SMILES string of the molecule is CC(O)(C#Cc1ccccc1)c1cn[nH]n1. The molecule has 0 aliphatic carbocycles. The van der Waals surface area contributed by atoms with Gasteiger partial charge in [-0.1, -0.05) is 30.0 Å². The number of H-pyrrole nitrogens is 1. The van der Waals surface area contributed by atoms with Crippen molar-refractivity contribution in [3.63, 3.8) is 0 Å². The summed E-state index contributed by atoms with van der Waals surface area (Å²) in [5.41, 5.74) is -0.0229. The summed E-state index contributed by atoms with van der Waals surface area (Å²) in [5.74, 6) is 5.65. The van der Waals surface area contributed by atoms with Gasteiger partial charge in [0.05, 0.1) is 6.20 Å². The fourth-order valence-electron chi connectivity index (χ4n) is 1.22. The van der Waals surface area contributed by atoms with Crippen LogP contribution < -0.4 is 0 Å². The van der Waals surface area contributed by atoms with Crippen LogP contribution in [0.5, 0.6) is 0 Å². The van der Waals surface area contributed by atoms with Crippen LogP contribution >= 0.6 is 0 Å². The number of hydrogen-bond acceptors (Lipinski definition) is 3. The molecule has 0 saturated carbocycles. The molecule has 1 unspecified atom stereocenters. The first-order valence-electron chi connectivity index (χ1n) is 4.85. The molecule has 16 heavy (non-hydrogen) atoms. The molecule has 0 amide bonds. The van der Waals surface area contributed by atoms with E-state index in [1.807, 2.05) is 30.3 Å². The Morgan fingerprint density at radius 2 is 2.06 bits per heavy atom. The van der Waals surface area contributed by atoms with Gasteiger partial charge in [0.1, 0.15) is 5.69 Å². The Balaban J connectivity index is 2.25. The van der Waals surface area contributed by atoms with E-state index >= 15 is 0 Å². The number of aromatic amines is 1. The summed E-state index contributed by atoms with van der Waals surface area (Å²) in [4.78, 5) is 0. The fraction of sp³-hybridized carbons (Fsp3) is 0.167. The quantitative estimate of drug-likeness (QED) is 0.696. The fourth-order valence-corrected chi connectivity index (χ4v) is 1.22. The van der Waals surface area contributed by atoms with Crippen molar-refractivity contribution in [2.24, 2.45) is 0 Å². The van der Waals surface area contributed by atoms with Gasteiger partial charge in [-0.25, -0.2) is 0 Å². The van der Waals surface area contributed by atoms with Gasteiger partial charge in [-0.3, -0.25) is 0 Å². The largest absolute Gasteiger partial charge is 0.372 e. The van der Waals surface area contributed by atoms with Gasteiger partial charge in [0.15, 0.2) is 5.60 Å². The van der Waals surface area contributed by atoms with Gasteiger partial charge in [0, 0.05) is 5.56 Å². The van der Waals surface area contributed by atoms with Crippen LogP contribution in [0, 0.1) is 11.8 Å². The average molecular weight is 213 g/mol. The topological polar surface area (TPSA) is 61.8 Å². The Labute approximate surface area is 93.3 Å². The molecular weight excluding hydrogens is 202 g/mol. The minimum atomic E-state index is -1.29. The first-order valence-corrected chi connectivity index (χ1v) is 4.85. The van der Waals surface area contributed by atoms with Crippen molar-refractivity contribution in [1.29, 1.82) is 0 Å². The van der Waals surface area contributed by atoms with E-state index in [0.717, 1.165) is 5.56 Å². The number of aromatic nitrogens is 3. The predicted octanol–water partition coefficient (Wildman–Crippen LogP) is 1.06. The third-order valence-electron chi connectivity index (χ3n) is 2.14. The second kappa shape index (κ2) is 4.17. The highest BCUT2D eigenvalue weighted by Gasteiger charge is 2.22. The number of benzene rings is 1. The Bertz CT molecular complexity index is 506. The van der Waals surface area contributed by atoms with E-state index < -0.39 is 5.60 Å².